The van der Waals surface area contributed by atoms with E-state index in [1.807, 2.05) is 14.0 Å². The normalized spacial score (nSPS) is 26.0. The molecule has 1 atom stereocenters. The van der Waals surface area contributed by atoms with Gasteiger partial charge in [0, 0.05) is 50.5 Å². The Balaban J connectivity index is 1.49. The molecule has 1 aromatic heterocycles. The Morgan fingerprint density at radius 2 is 2.48 bits per heavy atom. The first-order valence-corrected chi connectivity index (χ1v) is 8.53. The molecule has 2 saturated heterocycles. The highest BCUT2D eigenvalue weighted by Gasteiger charge is 2.42. The highest BCUT2D eigenvalue weighted by molar-refractivity contribution is 7.09. The first-order chi connectivity index (χ1) is 10.2. The molecule has 1 aromatic rings. The van der Waals surface area contributed by atoms with Crippen molar-refractivity contribution in [3.8, 4) is 0 Å². The molecule has 0 aliphatic carbocycles. The molecule has 0 amide bonds. The number of aliphatic imine (C=N–C) groups is 1. The summed E-state index contributed by atoms with van der Waals surface area (Å²) in [5, 5.41) is 6.75. The minimum atomic E-state index is 0.379. The fourth-order valence-corrected chi connectivity index (χ4v) is 3.89. The second-order valence-corrected chi connectivity index (χ2v) is 7.12. The van der Waals surface area contributed by atoms with E-state index in [1.54, 1.807) is 11.3 Å². The molecule has 3 rings (SSSR count). The minimum Gasteiger partial charge on any atom is -0.381 e. The predicted octanol–water partition coefficient (Wildman–Crippen LogP) is 1.68. The number of nitrogens with one attached hydrogen (secondary N) is 1. The summed E-state index contributed by atoms with van der Waals surface area (Å²) in [6.45, 7) is 6.92. The lowest BCUT2D eigenvalue weighted by Gasteiger charge is -2.24. The summed E-state index contributed by atoms with van der Waals surface area (Å²) in [7, 11) is 1.87. The first kappa shape index (κ1) is 14.8. The molecule has 0 bridgehead atoms. The third-order valence-corrected chi connectivity index (χ3v) is 5.29. The van der Waals surface area contributed by atoms with Crippen LogP contribution in [0.4, 0.5) is 0 Å². The third kappa shape index (κ3) is 3.37. The molecule has 2 fully saturated rings. The lowest BCUT2D eigenvalue weighted by molar-refractivity contribution is 0.156. The molecule has 1 N–H and O–H groups in total. The standard InChI is InChI=1S/C15H24N4OS/c1-12-18-13(9-21-12)3-6-17-14(16-2)19-7-4-15(10-19)5-8-20-11-15/h9H,3-8,10-11H2,1-2H3,(H,16,17). The quantitative estimate of drug-likeness (QED) is 0.682. The number of hydrogen-bond donors (Lipinski definition) is 1. The number of rotatable bonds is 3. The van der Waals surface area contributed by atoms with Crippen LogP contribution in [0.5, 0.6) is 0 Å². The smallest absolute Gasteiger partial charge is 0.193 e. The van der Waals surface area contributed by atoms with Crippen LogP contribution in [0.2, 0.25) is 0 Å². The van der Waals surface area contributed by atoms with E-state index in [9.17, 15) is 0 Å². The lowest BCUT2D eigenvalue weighted by Crippen LogP contribution is -2.42. The monoisotopic (exact) mass is 308 g/mol. The second-order valence-electron chi connectivity index (χ2n) is 6.06. The first-order valence-electron chi connectivity index (χ1n) is 7.65. The van der Waals surface area contributed by atoms with Gasteiger partial charge in [-0.25, -0.2) is 4.98 Å². The molecule has 0 saturated carbocycles. The van der Waals surface area contributed by atoms with E-state index >= 15 is 0 Å². The summed E-state index contributed by atoms with van der Waals surface area (Å²) in [4.78, 5) is 11.3. The summed E-state index contributed by atoms with van der Waals surface area (Å²) >= 11 is 1.71. The van der Waals surface area contributed by atoms with Gasteiger partial charge in [0.05, 0.1) is 17.3 Å². The predicted molar refractivity (Wildman–Crippen MR) is 86.0 cm³/mol. The van der Waals surface area contributed by atoms with E-state index in [-0.39, 0.29) is 0 Å². The van der Waals surface area contributed by atoms with Crippen molar-refractivity contribution in [2.45, 2.75) is 26.2 Å². The van der Waals surface area contributed by atoms with Gasteiger partial charge in [0.2, 0.25) is 0 Å². The minimum absolute atomic E-state index is 0.379. The van der Waals surface area contributed by atoms with Gasteiger partial charge in [-0.05, 0) is 19.8 Å². The van der Waals surface area contributed by atoms with Crippen molar-refractivity contribution >= 4 is 17.3 Å². The molecule has 5 nitrogen and oxygen atoms in total. The van der Waals surface area contributed by atoms with Gasteiger partial charge in [-0.15, -0.1) is 11.3 Å². The van der Waals surface area contributed by atoms with Crippen molar-refractivity contribution in [3.63, 3.8) is 0 Å². The van der Waals surface area contributed by atoms with Gasteiger partial charge in [-0.3, -0.25) is 4.99 Å². The van der Waals surface area contributed by atoms with Crippen molar-refractivity contribution in [3.05, 3.63) is 16.1 Å². The summed E-state index contributed by atoms with van der Waals surface area (Å²) in [6, 6.07) is 0. The van der Waals surface area contributed by atoms with Gasteiger partial charge in [0.15, 0.2) is 5.96 Å². The van der Waals surface area contributed by atoms with Crippen LogP contribution in [0.25, 0.3) is 0 Å². The molecule has 1 unspecified atom stereocenters. The second kappa shape index (κ2) is 6.32. The van der Waals surface area contributed by atoms with Crippen LogP contribution in [0.1, 0.15) is 23.5 Å². The van der Waals surface area contributed by atoms with Crippen LogP contribution >= 0.6 is 11.3 Å². The topological polar surface area (TPSA) is 49.8 Å². The van der Waals surface area contributed by atoms with Gasteiger partial charge >= 0.3 is 0 Å². The Hall–Kier alpha value is -1.14. The molecular weight excluding hydrogens is 284 g/mol. The molecule has 0 aromatic carbocycles. The summed E-state index contributed by atoms with van der Waals surface area (Å²) < 4.78 is 5.59. The highest BCUT2D eigenvalue weighted by Crippen LogP contribution is 2.38. The lowest BCUT2D eigenvalue weighted by atomic mass is 9.87. The summed E-state index contributed by atoms with van der Waals surface area (Å²) in [6.07, 6.45) is 3.36. The number of thiazole rings is 1. The fourth-order valence-electron chi connectivity index (χ4n) is 3.25. The molecule has 1 spiro atoms. The van der Waals surface area contributed by atoms with Gasteiger partial charge in [-0.1, -0.05) is 0 Å². The molecule has 0 radical (unpaired) electrons. The average molecular weight is 308 g/mol. The largest absolute Gasteiger partial charge is 0.381 e. The van der Waals surface area contributed by atoms with Crippen molar-refractivity contribution in [1.82, 2.24) is 15.2 Å². The molecule has 6 heteroatoms. The maximum absolute atomic E-state index is 5.59. The number of nitrogens with zero attached hydrogens (tertiary/aromatic N) is 3. The van der Waals surface area contributed by atoms with Crippen LogP contribution in [-0.4, -0.2) is 55.7 Å². The zero-order valence-electron chi connectivity index (χ0n) is 12.9. The van der Waals surface area contributed by atoms with Crippen LogP contribution in [0.3, 0.4) is 0 Å². The van der Waals surface area contributed by atoms with Gasteiger partial charge in [0.25, 0.3) is 0 Å². The van der Waals surface area contributed by atoms with E-state index in [0.717, 1.165) is 50.2 Å². The van der Waals surface area contributed by atoms with E-state index in [1.165, 1.54) is 18.5 Å². The van der Waals surface area contributed by atoms with Crippen molar-refractivity contribution in [1.29, 1.82) is 0 Å². The molecule has 21 heavy (non-hydrogen) atoms. The SMILES string of the molecule is CN=C(NCCc1csc(C)n1)N1CCC2(CCOC2)C1. The Kier molecular flexibility index (Phi) is 4.45. The van der Waals surface area contributed by atoms with E-state index in [0.29, 0.717) is 5.41 Å². The Morgan fingerprint density at radius 1 is 1.57 bits per heavy atom. The van der Waals surface area contributed by atoms with E-state index in [4.69, 9.17) is 4.74 Å². The molecule has 3 heterocycles. The van der Waals surface area contributed by atoms with Crippen LogP contribution in [0.15, 0.2) is 10.4 Å². The number of likely N-dealkylation sites (tertiary alicyclic amines) is 1. The Bertz CT molecular complexity index is 508. The maximum Gasteiger partial charge on any atom is 0.193 e. The van der Waals surface area contributed by atoms with E-state index < -0.39 is 0 Å². The number of aromatic nitrogens is 1. The third-order valence-electron chi connectivity index (χ3n) is 4.47. The molecule has 2 aliphatic rings. The number of ether oxygens (including phenoxy) is 1. The summed E-state index contributed by atoms with van der Waals surface area (Å²) in [5.41, 5.74) is 1.55. The molecular formula is C15H24N4OS. The van der Waals surface area contributed by atoms with Crippen LogP contribution < -0.4 is 5.32 Å². The van der Waals surface area contributed by atoms with Gasteiger partial charge in [-0.2, -0.15) is 0 Å². The molecule has 2 aliphatic heterocycles. The maximum atomic E-state index is 5.59. The number of hydrogen-bond acceptors (Lipinski definition) is 4. The van der Waals surface area contributed by atoms with Crippen LogP contribution in [-0.2, 0) is 11.2 Å². The average Bonchev–Trinajstić information content (AvgIpc) is 3.19. The number of guanidine groups is 1. The van der Waals surface area contributed by atoms with Crippen molar-refractivity contribution in [2.75, 3.05) is 39.9 Å². The van der Waals surface area contributed by atoms with Gasteiger partial charge < -0.3 is 15.0 Å². The Labute approximate surface area is 130 Å². The zero-order chi connectivity index (χ0) is 14.7. The number of aryl methyl sites for hydroxylation is 1. The van der Waals surface area contributed by atoms with Crippen molar-refractivity contribution < 1.29 is 4.74 Å². The fraction of sp³-hybridized carbons (Fsp3) is 0.733. The van der Waals surface area contributed by atoms with Crippen LogP contribution in [0, 0.1) is 12.3 Å². The zero-order valence-corrected chi connectivity index (χ0v) is 13.7. The van der Waals surface area contributed by atoms with Gasteiger partial charge in [0.1, 0.15) is 0 Å². The molecule has 116 valence electrons. The summed E-state index contributed by atoms with van der Waals surface area (Å²) in [5.74, 6) is 1.02. The highest BCUT2D eigenvalue weighted by atomic mass is 32.1. The van der Waals surface area contributed by atoms with Crippen molar-refractivity contribution in [2.24, 2.45) is 10.4 Å². The van der Waals surface area contributed by atoms with E-state index in [2.05, 4.69) is 25.6 Å². The Morgan fingerprint density at radius 3 is 3.14 bits per heavy atom.